The lowest BCUT2D eigenvalue weighted by atomic mass is 10.1. The molecule has 2 rings (SSSR count). The van der Waals surface area contributed by atoms with Crippen molar-refractivity contribution >= 4 is 23.2 Å². The van der Waals surface area contributed by atoms with E-state index in [0.717, 1.165) is 5.56 Å². The molecule has 0 bridgehead atoms. The van der Waals surface area contributed by atoms with E-state index in [9.17, 15) is 4.79 Å². The molecule has 0 heterocycles. The van der Waals surface area contributed by atoms with E-state index in [-0.39, 0.29) is 5.56 Å². The molecule has 4 N–H and O–H groups in total. The number of carbonyl (C=O) groups excluding carboxylic acids is 1. The molecule has 0 aliphatic heterocycles. The van der Waals surface area contributed by atoms with E-state index in [0.29, 0.717) is 22.2 Å². The van der Waals surface area contributed by atoms with Crippen molar-refractivity contribution in [3.63, 3.8) is 0 Å². The number of aryl methyl sites for hydroxylation is 1. The SMILES string of the molecule is Cc1ccc(Oc2ccc(N)cc2C(N)=O)c(Cl)c1. The lowest BCUT2D eigenvalue weighted by Gasteiger charge is -2.11. The van der Waals surface area contributed by atoms with Crippen LogP contribution in [0.5, 0.6) is 11.5 Å². The second kappa shape index (κ2) is 5.20. The van der Waals surface area contributed by atoms with Crippen LogP contribution in [0.25, 0.3) is 0 Å². The number of amides is 1. The van der Waals surface area contributed by atoms with E-state index in [4.69, 9.17) is 27.8 Å². The minimum atomic E-state index is -0.606. The Morgan fingerprint density at radius 1 is 1.16 bits per heavy atom. The molecule has 2 aromatic carbocycles. The van der Waals surface area contributed by atoms with Crippen LogP contribution in [0.15, 0.2) is 36.4 Å². The summed E-state index contributed by atoms with van der Waals surface area (Å²) in [5.74, 6) is 0.178. The third-order valence-corrected chi connectivity index (χ3v) is 2.87. The highest BCUT2D eigenvalue weighted by Crippen LogP contribution is 2.32. The van der Waals surface area contributed by atoms with Gasteiger partial charge in [0.15, 0.2) is 0 Å². The van der Waals surface area contributed by atoms with Crippen molar-refractivity contribution < 1.29 is 9.53 Å². The third kappa shape index (κ3) is 2.98. The fourth-order valence-corrected chi connectivity index (χ4v) is 1.91. The van der Waals surface area contributed by atoms with Crippen LogP contribution in [0.2, 0.25) is 5.02 Å². The standard InChI is InChI=1S/C14H13ClN2O2/c1-8-2-4-13(11(15)6-8)19-12-5-3-9(16)7-10(12)14(17)18/h2-7H,16H2,1H3,(H2,17,18). The number of rotatable bonds is 3. The molecule has 0 unspecified atom stereocenters. The fourth-order valence-electron chi connectivity index (χ4n) is 1.64. The quantitative estimate of drug-likeness (QED) is 0.846. The summed E-state index contributed by atoms with van der Waals surface area (Å²) in [5.41, 5.74) is 12.6. The molecule has 0 aromatic heterocycles. The Hall–Kier alpha value is -2.20. The maximum atomic E-state index is 11.4. The van der Waals surface area contributed by atoms with Crippen LogP contribution in [-0.4, -0.2) is 5.91 Å². The van der Waals surface area contributed by atoms with Crippen molar-refractivity contribution in [3.05, 3.63) is 52.5 Å². The molecule has 0 aliphatic carbocycles. The molecule has 0 fully saturated rings. The van der Waals surface area contributed by atoms with Crippen LogP contribution >= 0.6 is 11.6 Å². The zero-order valence-corrected chi connectivity index (χ0v) is 11.1. The molecule has 0 spiro atoms. The largest absolute Gasteiger partial charge is 0.455 e. The van der Waals surface area contributed by atoms with Crippen molar-refractivity contribution in [1.82, 2.24) is 0 Å². The van der Waals surface area contributed by atoms with Crippen LogP contribution in [0.3, 0.4) is 0 Å². The molecule has 19 heavy (non-hydrogen) atoms. The van der Waals surface area contributed by atoms with E-state index in [1.54, 1.807) is 24.3 Å². The molecule has 98 valence electrons. The first kappa shape index (κ1) is 13.2. The minimum Gasteiger partial charge on any atom is -0.455 e. The summed E-state index contributed by atoms with van der Waals surface area (Å²) in [6.07, 6.45) is 0. The van der Waals surface area contributed by atoms with Gasteiger partial charge in [0.1, 0.15) is 11.5 Å². The molecule has 1 amide bonds. The number of halogens is 1. The van der Waals surface area contributed by atoms with Crippen molar-refractivity contribution in [2.75, 3.05) is 5.73 Å². The number of hydrogen-bond acceptors (Lipinski definition) is 3. The molecule has 0 radical (unpaired) electrons. The highest BCUT2D eigenvalue weighted by molar-refractivity contribution is 6.32. The number of nitrogens with two attached hydrogens (primary N) is 2. The highest BCUT2D eigenvalue weighted by atomic mass is 35.5. The Labute approximate surface area is 115 Å². The number of ether oxygens (including phenoxy) is 1. The van der Waals surface area contributed by atoms with E-state index < -0.39 is 5.91 Å². The van der Waals surface area contributed by atoms with Crippen molar-refractivity contribution in [3.8, 4) is 11.5 Å². The van der Waals surface area contributed by atoms with Crippen LogP contribution < -0.4 is 16.2 Å². The Balaban J connectivity index is 2.40. The second-order valence-electron chi connectivity index (χ2n) is 4.16. The van der Waals surface area contributed by atoms with Crippen LogP contribution in [0.1, 0.15) is 15.9 Å². The van der Waals surface area contributed by atoms with Gasteiger partial charge in [0.2, 0.25) is 0 Å². The second-order valence-corrected chi connectivity index (χ2v) is 4.56. The van der Waals surface area contributed by atoms with Crippen LogP contribution in [0, 0.1) is 6.92 Å². The van der Waals surface area contributed by atoms with Crippen LogP contribution in [0.4, 0.5) is 5.69 Å². The zero-order valence-electron chi connectivity index (χ0n) is 10.3. The van der Waals surface area contributed by atoms with Crippen LogP contribution in [-0.2, 0) is 0 Å². The van der Waals surface area contributed by atoms with Gasteiger partial charge in [-0.3, -0.25) is 4.79 Å². The van der Waals surface area contributed by atoms with Crippen molar-refractivity contribution in [2.24, 2.45) is 5.73 Å². The molecular weight excluding hydrogens is 264 g/mol. The Bertz CT molecular complexity index is 641. The molecule has 0 saturated carbocycles. The van der Waals surface area contributed by atoms with Gasteiger partial charge in [-0.2, -0.15) is 0 Å². The predicted molar refractivity (Wildman–Crippen MR) is 75.6 cm³/mol. The van der Waals surface area contributed by atoms with E-state index in [2.05, 4.69) is 0 Å². The molecule has 5 heteroatoms. The first-order chi connectivity index (χ1) is 8.97. The Morgan fingerprint density at radius 2 is 1.84 bits per heavy atom. The Morgan fingerprint density at radius 3 is 2.47 bits per heavy atom. The summed E-state index contributed by atoms with van der Waals surface area (Å²) < 4.78 is 5.62. The summed E-state index contributed by atoms with van der Waals surface area (Å²) in [7, 11) is 0. The summed E-state index contributed by atoms with van der Waals surface area (Å²) in [6.45, 7) is 1.92. The van der Waals surface area contributed by atoms with E-state index in [1.165, 1.54) is 6.07 Å². The van der Waals surface area contributed by atoms with Gasteiger partial charge in [-0.05, 0) is 42.8 Å². The van der Waals surface area contributed by atoms with Gasteiger partial charge in [-0.25, -0.2) is 0 Å². The topological polar surface area (TPSA) is 78.3 Å². The van der Waals surface area contributed by atoms with Crippen molar-refractivity contribution in [2.45, 2.75) is 6.92 Å². The number of carbonyl (C=O) groups is 1. The lowest BCUT2D eigenvalue weighted by Crippen LogP contribution is -2.12. The monoisotopic (exact) mass is 276 g/mol. The number of nitrogen functional groups attached to an aromatic ring is 1. The van der Waals surface area contributed by atoms with E-state index in [1.807, 2.05) is 13.0 Å². The first-order valence-corrected chi connectivity index (χ1v) is 5.98. The number of benzene rings is 2. The molecule has 4 nitrogen and oxygen atoms in total. The summed E-state index contributed by atoms with van der Waals surface area (Å²) >= 11 is 6.08. The summed E-state index contributed by atoms with van der Waals surface area (Å²) in [4.78, 5) is 11.4. The number of primary amides is 1. The first-order valence-electron chi connectivity index (χ1n) is 5.60. The smallest absolute Gasteiger partial charge is 0.252 e. The van der Waals surface area contributed by atoms with Gasteiger partial charge in [-0.1, -0.05) is 17.7 Å². The molecule has 2 aromatic rings. The average Bonchev–Trinajstić information content (AvgIpc) is 2.34. The van der Waals surface area contributed by atoms with Gasteiger partial charge in [0.05, 0.1) is 10.6 Å². The van der Waals surface area contributed by atoms with Gasteiger partial charge < -0.3 is 16.2 Å². The number of anilines is 1. The maximum absolute atomic E-state index is 11.4. The van der Waals surface area contributed by atoms with Crippen molar-refractivity contribution in [1.29, 1.82) is 0 Å². The van der Waals surface area contributed by atoms with Gasteiger partial charge >= 0.3 is 0 Å². The number of hydrogen-bond donors (Lipinski definition) is 2. The molecular formula is C14H13ClN2O2. The summed E-state index contributed by atoms with van der Waals surface area (Å²) in [6, 6.07) is 10.1. The summed E-state index contributed by atoms with van der Waals surface area (Å²) in [5, 5.41) is 0.465. The fraction of sp³-hybridized carbons (Fsp3) is 0.0714. The predicted octanol–water partition coefficient (Wildman–Crippen LogP) is 3.12. The normalized spacial score (nSPS) is 10.2. The van der Waals surface area contributed by atoms with Gasteiger partial charge in [0.25, 0.3) is 5.91 Å². The molecule has 0 atom stereocenters. The average molecular weight is 277 g/mol. The molecule has 0 aliphatic rings. The molecule has 0 saturated heterocycles. The van der Waals surface area contributed by atoms with Gasteiger partial charge in [0, 0.05) is 5.69 Å². The Kier molecular flexibility index (Phi) is 3.62. The zero-order chi connectivity index (χ0) is 14.0. The maximum Gasteiger partial charge on any atom is 0.252 e. The van der Waals surface area contributed by atoms with E-state index >= 15 is 0 Å². The minimum absolute atomic E-state index is 0.219. The highest BCUT2D eigenvalue weighted by Gasteiger charge is 2.12. The van der Waals surface area contributed by atoms with Gasteiger partial charge in [-0.15, -0.1) is 0 Å². The lowest BCUT2D eigenvalue weighted by molar-refractivity contribution is 0.0998. The third-order valence-electron chi connectivity index (χ3n) is 2.58.